The van der Waals surface area contributed by atoms with Gasteiger partial charge < -0.3 is 0 Å². The highest BCUT2D eigenvalue weighted by atomic mass is 35.5. The van der Waals surface area contributed by atoms with Crippen LogP contribution in [-0.2, 0) is 0 Å². The second kappa shape index (κ2) is 4.34. The molecule has 0 bridgehead atoms. The van der Waals surface area contributed by atoms with E-state index >= 15 is 0 Å². The van der Waals surface area contributed by atoms with Crippen molar-refractivity contribution in [2.45, 2.75) is 20.8 Å². The Bertz CT molecular complexity index is 587. The van der Waals surface area contributed by atoms with E-state index in [0.29, 0.717) is 10.6 Å². The van der Waals surface area contributed by atoms with Gasteiger partial charge in [0.05, 0.1) is 23.1 Å². The predicted molar refractivity (Wildman–Crippen MR) is 68.1 cm³/mol. The third-order valence-electron chi connectivity index (χ3n) is 2.79. The van der Waals surface area contributed by atoms with Crippen LogP contribution in [0.2, 0.25) is 5.02 Å². The molecule has 1 aromatic heterocycles. The lowest BCUT2D eigenvalue weighted by molar-refractivity contribution is 0.101. The molecule has 0 fully saturated rings. The minimum Gasteiger partial charge on any atom is -0.294 e. The monoisotopic (exact) mass is 248 g/mol. The number of benzene rings is 1. The number of hydrogen-bond acceptors (Lipinski definition) is 2. The Hall–Kier alpha value is -1.61. The summed E-state index contributed by atoms with van der Waals surface area (Å²) in [6.45, 7) is 5.36. The summed E-state index contributed by atoms with van der Waals surface area (Å²) >= 11 is 6.08. The maximum Gasteiger partial charge on any atom is 0.163 e. The molecule has 0 spiro atoms. The zero-order chi connectivity index (χ0) is 12.6. The molecule has 0 aliphatic heterocycles. The molecule has 1 heterocycles. The quantitative estimate of drug-likeness (QED) is 0.764. The number of aryl methyl sites for hydroxylation is 1. The van der Waals surface area contributed by atoms with Gasteiger partial charge in [-0.3, -0.25) is 4.79 Å². The first-order chi connectivity index (χ1) is 8.00. The van der Waals surface area contributed by atoms with Gasteiger partial charge in [0.1, 0.15) is 0 Å². The lowest BCUT2D eigenvalue weighted by Crippen LogP contribution is -2.01. The first-order valence-electron chi connectivity index (χ1n) is 5.33. The van der Waals surface area contributed by atoms with Crippen molar-refractivity contribution in [2.24, 2.45) is 0 Å². The molecule has 0 N–H and O–H groups in total. The number of nitrogens with zero attached hydrogens (tertiary/aromatic N) is 2. The van der Waals surface area contributed by atoms with Gasteiger partial charge in [-0.25, -0.2) is 4.68 Å². The van der Waals surface area contributed by atoms with E-state index in [1.54, 1.807) is 10.9 Å². The zero-order valence-electron chi connectivity index (χ0n) is 9.99. The average Bonchev–Trinajstić information content (AvgIpc) is 2.64. The lowest BCUT2D eigenvalue weighted by atomic mass is 10.2. The van der Waals surface area contributed by atoms with Crippen LogP contribution >= 0.6 is 11.6 Å². The highest BCUT2D eigenvalue weighted by Gasteiger charge is 2.11. The molecule has 0 atom stereocenters. The van der Waals surface area contributed by atoms with Crippen LogP contribution in [0.25, 0.3) is 5.69 Å². The van der Waals surface area contributed by atoms with E-state index in [1.165, 1.54) is 6.92 Å². The molecule has 0 radical (unpaired) electrons. The van der Waals surface area contributed by atoms with E-state index in [4.69, 9.17) is 11.6 Å². The van der Waals surface area contributed by atoms with Gasteiger partial charge in [0.25, 0.3) is 0 Å². The molecule has 2 rings (SSSR count). The van der Waals surface area contributed by atoms with Crippen LogP contribution in [-0.4, -0.2) is 15.6 Å². The van der Waals surface area contributed by atoms with E-state index in [-0.39, 0.29) is 5.78 Å². The van der Waals surface area contributed by atoms with Crippen LogP contribution in [0.5, 0.6) is 0 Å². The average molecular weight is 249 g/mol. The molecule has 0 saturated carbocycles. The second-order valence-corrected chi connectivity index (χ2v) is 4.45. The van der Waals surface area contributed by atoms with E-state index in [9.17, 15) is 4.79 Å². The molecule has 88 valence electrons. The number of halogens is 1. The van der Waals surface area contributed by atoms with Crippen LogP contribution < -0.4 is 0 Å². The Morgan fingerprint density at radius 3 is 2.59 bits per heavy atom. The normalized spacial score (nSPS) is 10.6. The van der Waals surface area contributed by atoms with E-state index in [0.717, 1.165) is 16.9 Å². The molecule has 4 heteroatoms. The van der Waals surface area contributed by atoms with Crippen molar-refractivity contribution in [1.82, 2.24) is 9.78 Å². The van der Waals surface area contributed by atoms with Gasteiger partial charge >= 0.3 is 0 Å². The molecule has 0 amide bonds. The first-order valence-corrected chi connectivity index (χ1v) is 5.70. The standard InChI is InChI=1S/C13H13ClN2O/c1-8-4-5-11(6-13(8)14)16-9(2)12(7-15-16)10(3)17/h4-7H,1-3H3. The summed E-state index contributed by atoms with van der Waals surface area (Å²) in [5, 5.41) is 4.91. The molecule has 0 saturated heterocycles. The van der Waals surface area contributed by atoms with Crippen LogP contribution in [0.3, 0.4) is 0 Å². The molecule has 0 aliphatic carbocycles. The Kier molecular flexibility index (Phi) is 3.03. The topological polar surface area (TPSA) is 34.9 Å². The van der Waals surface area contributed by atoms with Crippen LogP contribution in [0.4, 0.5) is 0 Å². The Morgan fingerprint density at radius 1 is 1.35 bits per heavy atom. The fraction of sp³-hybridized carbons (Fsp3) is 0.231. The number of rotatable bonds is 2. The van der Waals surface area contributed by atoms with Gasteiger partial charge in [0.2, 0.25) is 0 Å². The fourth-order valence-electron chi connectivity index (χ4n) is 1.73. The third kappa shape index (κ3) is 2.11. The maximum absolute atomic E-state index is 11.4. The van der Waals surface area contributed by atoms with Crippen LogP contribution in [0, 0.1) is 13.8 Å². The summed E-state index contributed by atoms with van der Waals surface area (Å²) < 4.78 is 1.72. The minimum atomic E-state index is 0.0203. The Balaban J connectivity index is 2.53. The number of Topliss-reactive ketones (excluding diaryl/α,β-unsaturated/α-hetero) is 1. The highest BCUT2D eigenvalue weighted by Crippen LogP contribution is 2.21. The lowest BCUT2D eigenvalue weighted by Gasteiger charge is -2.06. The minimum absolute atomic E-state index is 0.0203. The van der Waals surface area contributed by atoms with Crippen molar-refractivity contribution in [2.75, 3.05) is 0 Å². The molecule has 1 aromatic carbocycles. The summed E-state index contributed by atoms with van der Waals surface area (Å²) in [5.74, 6) is 0.0203. The maximum atomic E-state index is 11.4. The smallest absolute Gasteiger partial charge is 0.163 e. The third-order valence-corrected chi connectivity index (χ3v) is 3.20. The summed E-state index contributed by atoms with van der Waals surface area (Å²) in [6.07, 6.45) is 1.59. The van der Waals surface area contributed by atoms with Crippen molar-refractivity contribution in [3.05, 3.63) is 46.2 Å². The summed E-state index contributed by atoms with van der Waals surface area (Å²) in [7, 11) is 0. The summed E-state index contributed by atoms with van der Waals surface area (Å²) in [6, 6.07) is 5.72. The van der Waals surface area contributed by atoms with Crippen molar-refractivity contribution >= 4 is 17.4 Å². The van der Waals surface area contributed by atoms with Gasteiger partial charge in [0, 0.05) is 5.02 Å². The van der Waals surface area contributed by atoms with E-state index < -0.39 is 0 Å². The molecular weight excluding hydrogens is 236 g/mol. The number of aromatic nitrogens is 2. The molecule has 17 heavy (non-hydrogen) atoms. The van der Waals surface area contributed by atoms with Gasteiger partial charge in [-0.05, 0) is 38.5 Å². The number of ketones is 1. The van der Waals surface area contributed by atoms with Gasteiger partial charge in [-0.1, -0.05) is 17.7 Å². The van der Waals surface area contributed by atoms with Gasteiger partial charge in [-0.15, -0.1) is 0 Å². The van der Waals surface area contributed by atoms with Crippen molar-refractivity contribution < 1.29 is 4.79 Å². The zero-order valence-corrected chi connectivity index (χ0v) is 10.7. The first kappa shape index (κ1) is 11.9. The van der Waals surface area contributed by atoms with Crippen molar-refractivity contribution in [1.29, 1.82) is 0 Å². The van der Waals surface area contributed by atoms with Gasteiger partial charge in [0.15, 0.2) is 5.78 Å². The largest absolute Gasteiger partial charge is 0.294 e. The van der Waals surface area contributed by atoms with E-state index in [2.05, 4.69) is 5.10 Å². The fourth-order valence-corrected chi connectivity index (χ4v) is 1.90. The molecule has 3 nitrogen and oxygen atoms in total. The molecule has 0 unspecified atom stereocenters. The molecular formula is C13H13ClN2O. The Labute approximate surface area is 105 Å². The van der Waals surface area contributed by atoms with Crippen LogP contribution in [0.15, 0.2) is 24.4 Å². The van der Waals surface area contributed by atoms with E-state index in [1.807, 2.05) is 32.0 Å². The van der Waals surface area contributed by atoms with Crippen LogP contribution in [0.1, 0.15) is 28.5 Å². The SMILES string of the molecule is CC(=O)c1cnn(-c2ccc(C)c(Cl)c2)c1C. The predicted octanol–water partition coefficient (Wildman–Crippen LogP) is 3.35. The summed E-state index contributed by atoms with van der Waals surface area (Å²) in [4.78, 5) is 11.4. The van der Waals surface area contributed by atoms with Gasteiger partial charge in [-0.2, -0.15) is 5.10 Å². The number of carbonyl (C=O) groups excluding carboxylic acids is 1. The molecule has 0 aliphatic rings. The van der Waals surface area contributed by atoms with Crippen molar-refractivity contribution in [3.63, 3.8) is 0 Å². The number of carbonyl (C=O) groups is 1. The highest BCUT2D eigenvalue weighted by molar-refractivity contribution is 6.31. The summed E-state index contributed by atoms with van der Waals surface area (Å²) in [5.41, 5.74) is 3.36. The van der Waals surface area contributed by atoms with Crippen molar-refractivity contribution in [3.8, 4) is 5.69 Å². The Morgan fingerprint density at radius 2 is 2.06 bits per heavy atom. The number of hydrogen-bond donors (Lipinski definition) is 0. The molecule has 2 aromatic rings. The second-order valence-electron chi connectivity index (χ2n) is 4.05.